The van der Waals surface area contributed by atoms with E-state index in [1.807, 2.05) is 42.5 Å². The Kier molecular flexibility index (Phi) is 7.17. The third kappa shape index (κ3) is 5.54. The second-order valence-corrected chi connectivity index (χ2v) is 8.72. The minimum absolute atomic E-state index is 0.0327. The summed E-state index contributed by atoms with van der Waals surface area (Å²) < 4.78 is 0. The average Bonchev–Trinajstić information content (AvgIpc) is 2.84. The van der Waals surface area contributed by atoms with Crippen molar-refractivity contribution in [3.05, 3.63) is 84.2 Å². The van der Waals surface area contributed by atoms with Gasteiger partial charge in [-0.05, 0) is 85.5 Å². The maximum absolute atomic E-state index is 13.2. The van der Waals surface area contributed by atoms with Crippen molar-refractivity contribution >= 4 is 5.91 Å². The first-order chi connectivity index (χ1) is 15.6. The Bertz CT molecular complexity index is 1030. The third-order valence-electron chi connectivity index (χ3n) is 6.47. The zero-order valence-corrected chi connectivity index (χ0v) is 18.3. The molecule has 4 N–H and O–H groups in total. The summed E-state index contributed by atoms with van der Waals surface area (Å²) in [5.41, 5.74) is 9.66. The summed E-state index contributed by atoms with van der Waals surface area (Å²) in [5, 5.41) is 13.2. The summed E-state index contributed by atoms with van der Waals surface area (Å²) in [6, 6.07) is 21.0. The zero-order valence-electron chi connectivity index (χ0n) is 18.3. The van der Waals surface area contributed by atoms with Crippen LogP contribution in [0.3, 0.4) is 0 Å². The molecular weight excluding hydrogens is 398 g/mol. The molecule has 0 spiro atoms. The second-order valence-electron chi connectivity index (χ2n) is 8.72. The van der Waals surface area contributed by atoms with E-state index in [9.17, 15) is 9.90 Å². The van der Waals surface area contributed by atoms with Crippen molar-refractivity contribution in [3.63, 3.8) is 0 Å². The van der Waals surface area contributed by atoms with Gasteiger partial charge in [0.25, 0.3) is 0 Å². The molecule has 1 aromatic heterocycles. The van der Waals surface area contributed by atoms with Crippen LogP contribution in [0.15, 0.2) is 72.9 Å². The number of aromatic hydroxyl groups is 1. The van der Waals surface area contributed by atoms with Crippen LogP contribution in [0.1, 0.15) is 43.0 Å². The number of hydrogen-bond acceptors (Lipinski definition) is 4. The van der Waals surface area contributed by atoms with Gasteiger partial charge in [0.15, 0.2) is 0 Å². The summed E-state index contributed by atoms with van der Waals surface area (Å²) in [6.45, 7) is 0.705. The highest BCUT2D eigenvalue weighted by Crippen LogP contribution is 2.30. The number of phenols is 1. The molecule has 1 fully saturated rings. The number of aromatic nitrogens is 1. The molecule has 5 heteroatoms. The number of carbonyl (C=O) groups excluding carboxylic acids is 1. The molecule has 1 saturated carbocycles. The molecule has 3 aromatic rings. The number of benzene rings is 2. The first kappa shape index (κ1) is 22.0. The summed E-state index contributed by atoms with van der Waals surface area (Å²) in [4.78, 5) is 17.8. The van der Waals surface area contributed by atoms with Crippen molar-refractivity contribution in [2.45, 2.75) is 38.1 Å². The third-order valence-corrected chi connectivity index (χ3v) is 6.47. The highest BCUT2D eigenvalue weighted by atomic mass is 16.3. The largest absolute Gasteiger partial charge is 0.508 e. The molecule has 0 aliphatic heterocycles. The molecule has 1 amide bonds. The number of pyridine rings is 1. The minimum Gasteiger partial charge on any atom is -0.508 e. The molecule has 32 heavy (non-hydrogen) atoms. The topological polar surface area (TPSA) is 88.2 Å². The van der Waals surface area contributed by atoms with Gasteiger partial charge in [0, 0.05) is 12.1 Å². The normalized spacial score (nSPS) is 19.3. The Morgan fingerprint density at radius 2 is 1.75 bits per heavy atom. The Hall–Kier alpha value is -3.18. The van der Waals surface area contributed by atoms with Gasteiger partial charge in [0.05, 0.1) is 11.7 Å². The molecule has 2 aromatic carbocycles. The van der Waals surface area contributed by atoms with Gasteiger partial charge in [-0.15, -0.1) is 0 Å². The lowest BCUT2D eigenvalue weighted by Gasteiger charge is -2.28. The fourth-order valence-electron chi connectivity index (χ4n) is 4.53. The Morgan fingerprint density at radius 3 is 2.47 bits per heavy atom. The van der Waals surface area contributed by atoms with Crippen LogP contribution in [0.2, 0.25) is 0 Å². The van der Waals surface area contributed by atoms with Crippen LogP contribution in [0.4, 0.5) is 0 Å². The summed E-state index contributed by atoms with van der Waals surface area (Å²) >= 11 is 0. The van der Waals surface area contributed by atoms with Gasteiger partial charge in [-0.3, -0.25) is 9.78 Å². The van der Waals surface area contributed by atoms with Crippen LogP contribution in [-0.4, -0.2) is 22.5 Å². The molecule has 4 rings (SSSR count). The van der Waals surface area contributed by atoms with E-state index in [1.165, 1.54) is 0 Å². The fourth-order valence-corrected chi connectivity index (χ4v) is 4.53. The van der Waals surface area contributed by atoms with Gasteiger partial charge in [0.2, 0.25) is 5.91 Å². The smallest absolute Gasteiger partial charge is 0.223 e. The molecule has 0 saturated heterocycles. The lowest BCUT2D eigenvalue weighted by molar-refractivity contribution is -0.127. The highest BCUT2D eigenvalue weighted by molar-refractivity contribution is 5.79. The molecular formula is C27H31N3O2. The van der Waals surface area contributed by atoms with Gasteiger partial charge in [-0.1, -0.05) is 42.5 Å². The molecule has 166 valence electrons. The lowest BCUT2D eigenvalue weighted by Crippen LogP contribution is -2.37. The Labute approximate surface area is 189 Å². The van der Waals surface area contributed by atoms with E-state index in [0.29, 0.717) is 18.9 Å². The molecule has 0 bridgehead atoms. The lowest BCUT2D eigenvalue weighted by atomic mass is 9.81. The maximum Gasteiger partial charge on any atom is 0.223 e. The van der Waals surface area contributed by atoms with Crippen LogP contribution in [0.5, 0.6) is 5.75 Å². The Balaban J connectivity index is 1.57. The predicted octanol–water partition coefficient (Wildman–Crippen LogP) is 4.62. The van der Waals surface area contributed by atoms with Crippen molar-refractivity contribution in [2.24, 2.45) is 17.6 Å². The number of rotatable bonds is 7. The maximum atomic E-state index is 13.2. The number of nitrogens with zero attached hydrogens (tertiary/aromatic N) is 1. The first-order valence-electron chi connectivity index (χ1n) is 11.4. The summed E-state index contributed by atoms with van der Waals surface area (Å²) in [6.07, 6.45) is 6.25. The van der Waals surface area contributed by atoms with Crippen molar-refractivity contribution in [1.82, 2.24) is 10.3 Å². The fraction of sp³-hybridized carbons (Fsp3) is 0.333. The van der Waals surface area contributed by atoms with Crippen molar-refractivity contribution in [3.8, 4) is 16.9 Å². The van der Waals surface area contributed by atoms with E-state index in [-0.39, 0.29) is 23.6 Å². The van der Waals surface area contributed by atoms with E-state index < -0.39 is 0 Å². The number of phenolic OH excluding ortho intramolecular Hbond substituents is 1. The quantitative estimate of drug-likeness (QED) is 0.511. The van der Waals surface area contributed by atoms with E-state index >= 15 is 0 Å². The van der Waals surface area contributed by atoms with Gasteiger partial charge in [-0.2, -0.15) is 0 Å². The van der Waals surface area contributed by atoms with Crippen molar-refractivity contribution < 1.29 is 9.90 Å². The van der Waals surface area contributed by atoms with E-state index in [2.05, 4.69) is 22.4 Å². The molecule has 0 radical (unpaired) electrons. The van der Waals surface area contributed by atoms with E-state index in [1.54, 1.807) is 18.3 Å². The number of nitrogens with one attached hydrogen (secondary N) is 1. The van der Waals surface area contributed by atoms with E-state index in [4.69, 9.17) is 5.73 Å². The summed E-state index contributed by atoms with van der Waals surface area (Å²) in [7, 11) is 0. The summed E-state index contributed by atoms with van der Waals surface area (Å²) in [5.74, 6) is 0.902. The average molecular weight is 430 g/mol. The minimum atomic E-state index is -0.227. The van der Waals surface area contributed by atoms with Crippen LogP contribution < -0.4 is 11.1 Å². The highest BCUT2D eigenvalue weighted by Gasteiger charge is 2.28. The van der Waals surface area contributed by atoms with E-state index in [0.717, 1.165) is 48.1 Å². The molecule has 5 nitrogen and oxygen atoms in total. The first-order valence-corrected chi connectivity index (χ1v) is 11.4. The monoisotopic (exact) mass is 429 g/mol. The van der Waals surface area contributed by atoms with Gasteiger partial charge in [0.1, 0.15) is 5.75 Å². The molecule has 1 unspecified atom stereocenters. The van der Waals surface area contributed by atoms with Crippen LogP contribution in [0.25, 0.3) is 11.1 Å². The second kappa shape index (κ2) is 10.4. The van der Waals surface area contributed by atoms with Gasteiger partial charge >= 0.3 is 0 Å². The van der Waals surface area contributed by atoms with Crippen molar-refractivity contribution in [2.75, 3.05) is 6.54 Å². The van der Waals surface area contributed by atoms with Crippen LogP contribution >= 0.6 is 0 Å². The van der Waals surface area contributed by atoms with Gasteiger partial charge < -0.3 is 16.2 Å². The number of carbonyl (C=O) groups is 1. The van der Waals surface area contributed by atoms with Crippen molar-refractivity contribution in [1.29, 1.82) is 0 Å². The molecule has 1 atom stereocenters. The molecule has 1 heterocycles. The standard InChI is InChI=1S/C27H31N3O2/c28-18-20-9-11-21(12-10-20)27(32)30-26(15-19-5-2-1-3-6-19)25-17-23(13-14-29-25)22-7-4-8-24(31)16-22/h1-8,13-14,16-17,20-21,26,31H,9-12,15,18,28H2,(H,30,32)/t20-,21-,26?. The predicted molar refractivity (Wildman–Crippen MR) is 127 cm³/mol. The van der Waals surface area contributed by atoms with Crippen LogP contribution in [0, 0.1) is 11.8 Å². The molecule has 1 aliphatic rings. The molecule has 1 aliphatic carbocycles. The van der Waals surface area contributed by atoms with Crippen LogP contribution in [-0.2, 0) is 11.2 Å². The SMILES string of the molecule is NC[C@H]1CC[C@H](C(=O)NC(Cc2ccccc2)c2cc(-c3cccc(O)c3)ccn2)CC1. The number of amides is 1. The number of hydrogen-bond donors (Lipinski definition) is 3. The zero-order chi connectivity index (χ0) is 22.3. The number of nitrogens with two attached hydrogens (primary N) is 1. The Morgan fingerprint density at radius 1 is 1.00 bits per heavy atom. The van der Waals surface area contributed by atoms with Gasteiger partial charge in [-0.25, -0.2) is 0 Å².